The van der Waals surface area contributed by atoms with Crippen molar-refractivity contribution in [1.82, 2.24) is 15.3 Å². The van der Waals surface area contributed by atoms with E-state index in [0.717, 1.165) is 12.8 Å². The van der Waals surface area contributed by atoms with Gasteiger partial charge < -0.3 is 11.1 Å². The Morgan fingerprint density at radius 2 is 1.89 bits per heavy atom. The number of nitrogens with two attached hydrogens (primary N) is 1. The molecule has 5 heteroatoms. The smallest absolute Gasteiger partial charge is 0.271 e. The summed E-state index contributed by atoms with van der Waals surface area (Å²) in [6, 6.07) is 0. The van der Waals surface area contributed by atoms with Gasteiger partial charge in [0.25, 0.3) is 5.91 Å². The van der Waals surface area contributed by atoms with Crippen molar-refractivity contribution < 1.29 is 4.79 Å². The van der Waals surface area contributed by atoms with Gasteiger partial charge in [-0.3, -0.25) is 4.79 Å². The summed E-state index contributed by atoms with van der Waals surface area (Å²) >= 11 is 0. The van der Waals surface area contributed by atoms with E-state index in [1.807, 2.05) is 0 Å². The van der Waals surface area contributed by atoms with E-state index < -0.39 is 0 Å². The van der Waals surface area contributed by atoms with Gasteiger partial charge in [-0.25, -0.2) is 9.97 Å². The van der Waals surface area contributed by atoms with E-state index in [4.69, 9.17) is 5.73 Å². The molecule has 0 radical (unpaired) electrons. The number of nitrogens with one attached hydrogen (secondary N) is 1. The number of carbonyl (C=O) groups excluding carboxylic acids is 1. The number of aromatic nitrogens is 2. The lowest BCUT2D eigenvalue weighted by atomic mass is 10.1. The number of unbranched alkanes of at least 4 members (excludes halogenated alkanes) is 5. The first kappa shape index (κ1) is 14.4. The maximum atomic E-state index is 11.6. The Labute approximate surface area is 108 Å². The van der Waals surface area contributed by atoms with Crippen LogP contribution in [0.15, 0.2) is 12.4 Å². The fourth-order valence-electron chi connectivity index (χ4n) is 1.65. The van der Waals surface area contributed by atoms with Gasteiger partial charge in [-0.05, 0) is 6.42 Å². The molecule has 18 heavy (non-hydrogen) atoms. The number of nitrogen functional groups attached to an aromatic ring is 1. The van der Waals surface area contributed by atoms with E-state index in [0.29, 0.717) is 18.1 Å². The molecule has 1 aromatic rings. The van der Waals surface area contributed by atoms with E-state index in [-0.39, 0.29) is 5.91 Å². The van der Waals surface area contributed by atoms with E-state index in [2.05, 4.69) is 22.2 Å². The third kappa shape index (κ3) is 5.61. The largest absolute Gasteiger partial charge is 0.382 e. The average molecular weight is 250 g/mol. The van der Waals surface area contributed by atoms with Crippen LogP contribution in [0, 0.1) is 0 Å². The van der Waals surface area contributed by atoms with Crippen molar-refractivity contribution in [2.75, 3.05) is 12.3 Å². The lowest BCUT2D eigenvalue weighted by Gasteiger charge is -2.04. The highest BCUT2D eigenvalue weighted by atomic mass is 16.1. The molecule has 0 spiro atoms. The topological polar surface area (TPSA) is 80.9 Å². The molecule has 5 nitrogen and oxygen atoms in total. The van der Waals surface area contributed by atoms with Crippen molar-refractivity contribution in [2.24, 2.45) is 0 Å². The minimum Gasteiger partial charge on any atom is -0.382 e. The van der Waals surface area contributed by atoms with Crippen LogP contribution in [0.5, 0.6) is 0 Å². The highest BCUT2D eigenvalue weighted by Gasteiger charge is 2.05. The van der Waals surface area contributed by atoms with Crippen LogP contribution < -0.4 is 11.1 Å². The highest BCUT2D eigenvalue weighted by molar-refractivity contribution is 5.91. The second kappa shape index (κ2) is 8.44. The summed E-state index contributed by atoms with van der Waals surface area (Å²) in [6.45, 7) is 2.89. The van der Waals surface area contributed by atoms with E-state index in [1.165, 1.54) is 38.1 Å². The molecule has 0 aliphatic rings. The van der Waals surface area contributed by atoms with Gasteiger partial charge in [-0.15, -0.1) is 0 Å². The molecule has 0 fully saturated rings. The van der Waals surface area contributed by atoms with Gasteiger partial charge in [0, 0.05) is 6.54 Å². The van der Waals surface area contributed by atoms with Crippen molar-refractivity contribution in [3.05, 3.63) is 18.1 Å². The second-order valence-electron chi connectivity index (χ2n) is 4.35. The normalized spacial score (nSPS) is 10.3. The molecule has 1 aromatic heterocycles. The molecule has 100 valence electrons. The van der Waals surface area contributed by atoms with Crippen molar-refractivity contribution in [3.63, 3.8) is 0 Å². The number of rotatable bonds is 8. The Morgan fingerprint density at radius 1 is 1.17 bits per heavy atom. The van der Waals surface area contributed by atoms with Gasteiger partial charge in [-0.1, -0.05) is 39.0 Å². The van der Waals surface area contributed by atoms with Crippen molar-refractivity contribution in [1.29, 1.82) is 0 Å². The standard InChI is InChI=1S/C13H22N4O/c1-2-3-4-5-6-7-8-15-13(18)11-9-17-12(14)10-16-11/h9-10H,2-8H2,1H3,(H2,14,17)(H,15,18). The number of amides is 1. The fraction of sp³-hybridized carbons (Fsp3) is 0.615. The van der Waals surface area contributed by atoms with Crippen LogP contribution in [0.25, 0.3) is 0 Å². The first-order chi connectivity index (χ1) is 8.74. The maximum absolute atomic E-state index is 11.6. The zero-order valence-electron chi connectivity index (χ0n) is 11.0. The van der Waals surface area contributed by atoms with E-state index in [1.54, 1.807) is 0 Å². The second-order valence-corrected chi connectivity index (χ2v) is 4.35. The molecule has 1 heterocycles. The van der Waals surface area contributed by atoms with Crippen LogP contribution >= 0.6 is 0 Å². The molecular weight excluding hydrogens is 228 g/mol. The number of anilines is 1. The lowest BCUT2D eigenvalue weighted by Crippen LogP contribution is -2.25. The van der Waals surface area contributed by atoms with Gasteiger partial charge in [0.1, 0.15) is 11.5 Å². The van der Waals surface area contributed by atoms with Crippen LogP contribution in [0.4, 0.5) is 5.82 Å². The summed E-state index contributed by atoms with van der Waals surface area (Å²) in [7, 11) is 0. The van der Waals surface area contributed by atoms with Crippen molar-refractivity contribution >= 4 is 11.7 Å². The lowest BCUT2D eigenvalue weighted by molar-refractivity contribution is 0.0947. The summed E-state index contributed by atoms with van der Waals surface area (Å²) < 4.78 is 0. The minimum atomic E-state index is -0.184. The molecule has 3 N–H and O–H groups in total. The van der Waals surface area contributed by atoms with Crippen LogP contribution in [0.1, 0.15) is 55.9 Å². The zero-order valence-corrected chi connectivity index (χ0v) is 11.0. The fourth-order valence-corrected chi connectivity index (χ4v) is 1.65. The summed E-state index contributed by atoms with van der Waals surface area (Å²) in [5.41, 5.74) is 5.72. The molecule has 0 aromatic carbocycles. The SMILES string of the molecule is CCCCCCCCNC(=O)c1cnc(N)cn1. The first-order valence-electron chi connectivity index (χ1n) is 6.59. The Kier molecular flexibility index (Phi) is 6.76. The summed E-state index contributed by atoms with van der Waals surface area (Å²) in [4.78, 5) is 19.4. The molecule has 1 rings (SSSR count). The van der Waals surface area contributed by atoms with Crippen molar-refractivity contribution in [3.8, 4) is 0 Å². The number of hydrogen-bond acceptors (Lipinski definition) is 4. The molecule has 0 bridgehead atoms. The molecular formula is C13H22N4O. The van der Waals surface area contributed by atoms with Crippen LogP contribution in [-0.2, 0) is 0 Å². The summed E-state index contributed by atoms with van der Waals surface area (Å²) in [5, 5.41) is 2.83. The van der Waals surface area contributed by atoms with Crippen LogP contribution in [0.2, 0.25) is 0 Å². The van der Waals surface area contributed by atoms with Crippen LogP contribution in [0.3, 0.4) is 0 Å². The molecule has 0 saturated carbocycles. The molecule has 0 saturated heterocycles. The number of hydrogen-bond donors (Lipinski definition) is 2. The van der Waals surface area contributed by atoms with Gasteiger partial charge in [0.2, 0.25) is 0 Å². The first-order valence-corrected chi connectivity index (χ1v) is 6.59. The molecule has 0 aliphatic heterocycles. The number of carbonyl (C=O) groups is 1. The predicted molar refractivity (Wildman–Crippen MR) is 72.2 cm³/mol. The van der Waals surface area contributed by atoms with E-state index in [9.17, 15) is 4.79 Å². The predicted octanol–water partition coefficient (Wildman–Crippen LogP) is 2.15. The molecule has 1 amide bonds. The van der Waals surface area contributed by atoms with Gasteiger partial charge >= 0.3 is 0 Å². The Hall–Kier alpha value is -1.65. The van der Waals surface area contributed by atoms with Gasteiger partial charge in [-0.2, -0.15) is 0 Å². The highest BCUT2D eigenvalue weighted by Crippen LogP contribution is 2.04. The molecule has 0 atom stereocenters. The van der Waals surface area contributed by atoms with Crippen molar-refractivity contribution in [2.45, 2.75) is 45.4 Å². The Balaban J connectivity index is 2.12. The number of nitrogens with zero attached hydrogens (tertiary/aromatic N) is 2. The zero-order chi connectivity index (χ0) is 13.2. The maximum Gasteiger partial charge on any atom is 0.271 e. The molecule has 0 aliphatic carbocycles. The third-order valence-electron chi connectivity index (χ3n) is 2.72. The van der Waals surface area contributed by atoms with Crippen LogP contribution in [-0.4, -0.2) is 22.4 Å². The van der Waals surface area contributed by atoms with Gasteiger partial charge in [0.05, 0.1) is 12.4 Å². The summed E-state index contributed by atoms with van der Waals surface area (Å²) in [5.74, 6) is 0.138. The Morgan fingerprint density at radius 3 is 2.56 bits per heavy atom. The monoisotopic (exact) mass is 250 g/mol. The Bertz CT molecular complexity index is 351. The summed E-state index contributed by atoms with van der Waals surface area (Å²) in [6.07, 6.45) is 10.0. The third-order valence-corrected chi connectivity index (χ3v) is 2.72. The quantitative estimate of drug-likeness (QED) is 0.693. The average Bonchev–Trinajstić information content (AvgIpc) is 2.38. The van der Waals surface area contributed by atoms with E-state index >= 15 is 0 Å². The minimum absolute atomic E-state index is 0.184. The van der Waals surface area contributed by atoms with Gasteiger partial charge in [0.15, 0.2) is 0 Å². The molecule has 0 unspecified atom stereocenters.